The van der Waals surface area contributed by atoms with Crippen molar-refractivity contribution in [1.29, 1.82) is 0 Å². The van der Waals surface area contributed by atoms with E-state index >= 15 is 0 Å². The number of aryl methyl sites for hydroxylation is 2. The molecule has 0 N–H and O–H groups in total. The maximum atomic E-state index is 5.95. The molecule has 0 fully saturated rings. The zero-order valence-corrected chi connectivity index (χ0v) is 29.3. The Labute approximate surface area is 200 Å². The molecule has 0 aliphatic rings. The Kier molecular flexibility index (Phi) is 9.79. The molecule has 0 radical (unpaired) electrons. The molecule has 0 saturated heterocycles. The van der Waals surface area contributed by atoms with Crippen molar-refractivity contribution in [2.24, 2.45) is 3.15 Å². The van der Waals surface area contributed by atoms with E-state index in [-0.39, 0.29) is 0 Å². The Morgan fingerprint density at radius 3 is 1.17 bits per heavy atom. The van der Waals surface area contributed by atoms with Gasteiger partial charge in [0.1, 0.15) is 0 Å². The quantitative estimate of drug-likeness (QED) is 0.277. The predicted molar refractivity (Wildman–Crippen MR) is 150 cm³/mol. The summed E-state index contributed by atoms with van der Waals surface area (Å²) in [5.74, 6) is 0. The average molecular weight is 587 g/mol. The van der Waals surface area contributed by atoms with Gasteiger partial charge in [0.25, 0.3) is 0 Å². The summed E-state index contributed by atoms with van der Waals surface area (Å²) >= 11 is -2.53. The van der Waals surface area contributed by atoms with E-state index in [4.69, 9.17) is 3.15 Å². The van der Waals surface area contributed by atoms with Crippen molar-refractivity contribution in [3.63, 3.8) is 0 Å². The second-order valence-electron chi connectivity index (χ2n) is 12.4. The average Bonchev–Trinajstić information content (AvgIpc) is 2.49. The molecule has 3 nitrogen and oxygen atoms in total. The van der Waals surface area contributed by atoms with Gasteiger partial charge in [-0.15, -0.1) is 0 Å². The van der Waals surface area contributed by atoms with Gasteiger partial charge in [0.05, 0.1) is 0 Å². The summed E-state index contributed by atoms with van der Waals surface area (Å²) in [4.78, 5) is 0. The van der Waals surface area contributed by atoms with Gasteiger partial charge in [0.2, 0.25) is 0 Å². The van der Waals surface area contributed by atoms with E-state index in [9.17, 15) is 0 Å². The van der Waals surface area contributed by atoms with E-state index in [2.05, 4.69) is 116 Å². The Bertz CT molecular complexity index is 669. The fourth-order valence-electron chi connectivity index (χ4n) is 4.87. The van der Waals surface area contributed by atoms with Crippen LogP contribution in [0.15, 0.2) is 21.4 Å². The fourth-order valence-corrected chi connectivity index (χ4v) is 53.2. The normalized spacial score (nSPS) is 13.9. The zero-order chi connectivity index (χ0) is 23.7. The number of hydrogen-bond donors (Lipinski definition) is 0. The maximum absolute atomic E-state index is 5.95. The van der Waals surface area contributed by atoms with Gasteiger partial charge in [-0.2, -0.15) is 0 Å². The van der Waals surface area contributed by atoms with Crippen molar-refractivity contribution in [1.82, 2.24) is 4.91 Å². The first-order valence-corrected chi connectivity index (χ1v) is 29.3. The molecule has 0 aliphatic heterocycles. The molecule has 0 atom stereocenters. The molecule has 8 heteroatoms. The second kappa shape index (κ2) is 10.3. The van der Waals surface area contributed by atoms with Gasteiger partial charge in [0.15, 0.2) is 0 Å². The van der Waals surface area contributed by atoms with Gasteiger partial charge in [-0.3, -0.25) is 0 Å². The molecule has 30 heavy (non-hydrogen) atoms. The standard InChI is InChI=1S/C10H13N.2C6H18NSi2.Sn/c1-3-8-6-5-7-9(4-2)10(8)11;2*1-8(2,3)7-9(4,5)6;/h5-7H,3-4H2,1-2H3;2*1-6H3;/q;2*-1;+2. The topological polar surface area (TPSA) is 18.8 Å². The molecule has 0 bridgehead atoms. The number of hydrogen-bond acceptors (Lipinski definition) is 1. The summed E-state index contributed by atoms with van der Waals surface area (Å²) in [5, 5.41) is 0. The van der Waals surface area contributed by atoms with Crippen molar-refractivity contribution in [2.75, 3.05) is 0 Å². The molecule has 1 aromatic carbocycles. The third kappa shape index (κ3) is 7.31. The minimum atomic E-state index is -2.53. The molecule has 172 valence electrons. The van der Waals surface area contributed by atoms with Crippen LogP contribution in [0.2, 0.25) is 78.6 Å². The van der Waals surface area contributed by atoms with Crippen LogP contribution in [0.25, 0.3) is 0 Å². The summed E-state index contributed by atoms with van der Waals surface area (Å²) in [6.45, 7) is 35.4. The zero-order valence-electron chi connectivity index (χ0n) is 22.5. The molecule has 0 aromatic heterocycles. The Morgan fingerprint density at radius 2 is 0.933 bits per heavy atom. The molecule has 0 aliphatic carbocycles. The van der Waals surface area contributed by atoms with E-state index in [0.29, 0.717) is 0 Å². The number of benzene rings is 1. The molecular weight excluding hydrogens is 537 g/mol. The predicted octanol–water partition coefficient (Wildman–Crippen LogP) is 7.64. The van der Waals surface area contributed by atoms with Gasteiger partial charge in [0, 0.05) is 0 Å². The van der Waals surface area contributed by atoms with Gasteiger partial charge in [-0.25, -0.2) is 0 Å². The Morgan fingerprint density at radius 1 is 0.633 bits per heavy atom. The van der Waals surface area contributed by atoms with Crippen LogP contribution in [0.1, 0.15) is 25.0 Å². The molecule has 1 aromatic rings. The number of nitrogens with zero attached hydrogens (tertiary/aromatic N) is 3. The van der Waals surface area contributed by atoms with Crippen molar-refractivity contribution in [3.05, 3.63) is 29.3 Å². The Hall–Kier alpha value is 0.606. The third-order valence-corrected chi connectivity index (χ3v) is 50.5. The van der Waals surface area contributed by atoms with Gasteiger partial charge >= 0.3 is 201 Å². The summed E-state index contributed by atoms with van der Waals surface area (Å²) < 4.78 is 12.2. The first-order chi connectivity index (χ1) is 13.4. The van der Waals surface area contributed by atoms with E-state index in [0.717, 1.165) is 12.8 Å². The van der Waals surface area contributed by atoms with Crippen LogP contribution in [0.3, 0.4) is 0 Å². The number of rotatable bonds is 9. The molecule has 0 amide bonds. The second-order valence-corrected chi connectivity index (χ2v) is 42.5. The molecule has 1 rings (SSSR count). The van der Waals surface area contributed by atoms with Crippen LogP contribution in [0, 0.1) is 0 Å². The first-order valence-electron chi connectivity index (χ1n) is 11.7. The monoisotopic (exact) mass is 587 g/mol. The van der Waals surface area contributed by atoms with E-state index in [1.165, 1.54) is 16.8 Å². The molecule has 0 heterocycles. The third-order valence-electron chi connectivity index (χ3n) is 5.26. The van der Waals surface area contributed by atoms with Gasteiger partial charge in [-0.1, -0.05) is 0 Å². The van der Waals surface area contributed by atoms with E-state index < -0.39 is 53.1 Å². The van der Waals surface area contributed by atoms with Gasteiger partial charge < -0.3 is 0 Å². The molecule has 0 unspecified atom stereocenters. The summed E-state index contributed by atoms with van der Waals surface area (Å²) in [5.41, 5.74) is 4.26. The van der Waals surface area contributed by atoms with Crippen LogP contribution in [0.4, 0.5) is 5.69 Å². The minimum absolute atomic E-state index is 1.07. The van der Waals surface area contributed by atoms with Crippen molar-refractivity contribution >= 4 is 58.8 Å². The van der Waals surface area contributed by atoms with Gasteiger partial charge in [-0.05, 0) is 0 Å². The first kappa shape index (κ1) is 28.6. The van der Waals surface area contributed by atoms with Crippen LogP contribution in [-0.2, 0) is 12.8 Å². The molecule has 0 spiro atoms. The van der Waals surface area contributed by atoms with Crippen LogP contribution in [-0.4, -0.2) is 58.0 Å². The summed E-state index contributed by atoms with van der Waals surface area (Å²) in [6, 6.07) is 6.88. The summed E-state index contributed by atoms with van der Waals surface area (Å²) in [7, 11) is -6.09. The molecule has 0 saturated carbocycles. The van der Waals surface area contributed by atoms with Crippen molar-refractivity contribution < 1.29 is 0 Å². The van der Waals surface area contributed by atoms with E-state index in [1.807, 2.05) is 0 Å². The van der Waals surface area contributed by atoms with E-state index in [1.54, 1.807) is 0 Å². The van der Waals surface area contributed by atoms with Crippen LogP contribution < -0.4 is 0 Å². The Balaban J connectivity index is 4.09. The fraction of sp³-hybridized carbons (Fsp3) is 0.727. The summed E-state index contributed by atoms with van der Waals surface area (Å²) in [6.07, 6.45) is 2.14. The van der Waals surface area contributed by atoms with Crippen molar-refractivity contribution in [3.8, 4) is 0 Å². The molecular formula is C22H49N3Si4Sn. The van der Waals surface area contributed by atoms with Crippen LogP contribution in [0.5, 0.6) is 0 Å². The van der Waals surface area contributed by atoms with Crippen molar-refractivity contribution in [2.45, 2.75) is 105 Å². The SMILES string of the molecule is CCc1cccc(CC)c1[N]=[Sn]([N]([Si](C)(C)C)[Si](C)(C)C)[N]([Si](C)(C)C)[Si](C)(C)C. The van der Waals surface area contributed by atoms with Crippen LogP contribution >= 0.6 is 0 Å².